The number of nitrogens with zero attached hydrogens (tertiary/aromatic N) is 4. The number of pyridine rings is 2. The number of hydrogen-bond acceptors (Lipinski definition) is 11. The Kier molecular flexibility index (Phi) is 12.7. The van der Waals surface area contributed by atoms with Crippen molar-refractivity contribution < 1.29 is 32.1 Å². The number of anilines is 2. The smallest absolute Gasteiger partial charge is 0.426 e. The molecule has 0 unspecified atom stereocenters. The number of thiazole rings is 2. The van der Waals surface area contributed by atoms with E-state index >= 15 is 0 Å². The van der Waals surface area contributed by atoms with Crippen molar-refractivity contribution in [3.63, 3.8) is 0 Å². The van der Waals surface area contributed by atoms with E-state index in [1.165, 1.54) is 54.9 Å². The molecule has 0 atom stereocenters. The van der Waals surface area contributed by atoms with Crippen LogP contribution in [0.4, 0.5) is 20.4 Å². The lowest BCUT2D eigenvalue weighted by molar-refractivity contribution is -0.115. The van der Waals surface area contributed by atoms with Gasteiger partial charge >= 0.3 is 21.4 Å². The molecular weight excluding hydrogens is 622 g/mol. The Labute approximate surface area is 261 Å². The monoisotopic (exact) mass is 648 g/mol. The fourth-order valence-electron chi connectivity index (χ4n) is 3.36. The number of rotatable bonds is 4. The molecular formula is C24H26B3ClF2N6O5S2. The summed E-state index contributed by atoms with van der Waals surface area (Å²) in [6, 6.07) is 2.64. The third-order valence-electron chi connectivity index (χ3n) is 5.08. The van der Waals surface area contributed by atoms with Crippen molar-refractivity contribution in [1.29, 1.82) is 0 Å². The van der Waals surface area contributed by atoms with Crippen LogP contribution in [-0.2, 0) is 23.3 Å². The highest BCUT2D eigenvalue weighted by atomic mass is 35.5. The van der Waals surface area contributed by atoms with Gasteiger partial charge in [-0.25, -0.2) is 23.7 Å². The van der Waals surface area contributed by atoms with Gasteiger partial charge in [-0.2, -0.15) is 0 Å². The Hall–Kier alpha value is -3.28. The number of carbonyl (C=O) groups excluding carboxylic acids is 2. The van der Waals surface area contributed by atoms with Crippen LogP contribution in [0, 0.1) is 18.6 Å². The van der Waals surface area contributed by atoms with Crippen LogP contribution in [-0.4, -0.2) is 53.1 Å². The molecule has 4 aromatic heterocycles. The van der Waals surface area contributed by atoms with Gasteiger partial charge in [-0.1, -0.05) is 11.6 Å². The summed E-state index contributed by atoms with van der Waals surface area (Å²) in [7, 11) is -0.406. The van der Waals surface area contributed by atoms with Gasteiger partial charge in [0, 0.05) is 48.1 Å². The van der Waals surface area contributed by atoms with Crippen LogP contribution in [0.3, 0.4) is 0 Å². The van der Waals surface area contributed by atoms with Gasteiger partial charge in [0.1, 0.15) is 27.5 Å². The Morgan fingerprint density at radius 2 is 1.21 bits per heavy atom. The highest BCUT2D eigenvalue weighted by Gasteiger charge is 2.31. The van der Waals surface area contributed by atoms with E-state index < -0.39 is 5.82 Å². The zero-order valence-corrected chi connectivity index (χ0v) is 26.4. The zero-order chi connectivity index (χ0) is 31.7. The van der Waals surface area contributed by atoms with Crippen LogP contribution in [0.25, 0.3) is 21.1 Å². The molecule has 0 spiro atoms. The molecule has 1 aliphatic heterocycles. The molecule has 43 heavy (non-hydrogen) atoms. The SMILES string of the molecule is CB1OB(C)OB(C)O1.CC(=O)Nc1csc(-c2cnc(C)c(F)c2)n1.CC(=O)Nc1csc(-c2cnc(Cl)c(F)c2)n1. The van der Waals surface area contributed by atoms with Gasteiger partial charge in [0.2, 0.25) is 11.8 Å². The van der Waals surface area contributed by atoms with Crippen molar-refractivity contribution in [1.82, 2.24) is 19.9 Å². The van der Waals surface area contributed by atoms with E-state index in [9.17, 15) is 18.4 Å². The van der Waals surface area contributed by atoms with E-state index in [1.807, 2.05) is 20.5 Å². The Bertz CT molecular complexity index is 1440. The van der Waals surface area contributed by atoms with Crippen LogP contribution in [0.5, 0.6) is 0 Å². The lowest BCUT2D eigenvalue weighted by atomic mass is 9.74. The Balaban J connectivity index is 0.000000186. The minimum absolute atomic E-state index is 0.135. The molecule has 0 saturated carbocycles. The maximum atomic E-state index is 13.3. The van der Waals surface area contributed by atoms with E-state index in [1.54, 1.807) is 23.9 Å². The molecule has 1 fully saturated rings. The van der Waals surface area contributed by atoms with E-state index in [4.69, 9.17) is 25.3 Å². The van der Waals surface area contributed by atoms with Gasteiger partial charge < -0.3 is 24.3 Å². The minimum Gasteiger partial charge on any atom is -0.453 e. The normalized spacial score (nSPS) is 12.5. The second-order valence-electron chi connectivity index (χ2n) is 8.84. The van der Waals surface area contributed by atoms with Crippen molar-refractivity contribution in [3.8, 4) is 21.1 Å². The van der Waals surface area contributed by atoms with E-state index in [2.05, 4.69) is 30.6 Å². The summed E-state index contributed by atoms with van der Waals surface area (Å²) >= 11 is 8.09. The van der Waals surface area contributed by atoms with Crippen LogP contribution in [0.2, 0.25) is 25.6 Å². The molecule has 11 nitrogen and oxygen atoms in total. The molecule has 0 radical (unpaired) electrons. The number of aromatic nitrogens is 4. The predicted molar refractivity (Wildman–Crippen MR) is 167 cm³/mol. The van der Waals surface area contributed by atoms with Crippen LogP contribution in [0.1, 0.15) is 19.5 Å². The second kappa shape index (κ2) is 16.0. The maximum Gasteiger partial charge on any atom is 0.426 e. The third-order valence-corrected chi connectivity index (χ3v) is 7.14. The van der Waals surface area contributed by atoms with Crippen LogP contribution >= 0.6 is 34.3 Å². The first-order valence-corrected chi connectivity index (χ1v) is 14.8. The molecule has 5 rings (SSSR count). The van der Waals surface area contributed by atoms with Gasteiger partial charge in [0.15, 0.2) is 11.0 Å². The Morgan fingerprint density at radius 3 is 1.60 bits per heavy atom. The first kappa shape index (κ1) is 34.2. The standard InChI is InChI=1S/C11H10FN3OS.C10H7ClFN3OS.C3H9B3O3/c1-6-9(12)3-8(4-13-6)11-15-10(5-17-11)14-7(2)16;1-5(16)14-8-4-17-10(15-8)6-2-7(12)9(11)13-3-6;1-4-7-5(2)9-6(3)8-4/h3-5H,1-2H3,(H,14,16);2-4H,1H3,(H,14,16);1-3H3. The molecule has 5 heterocycles. The zero-order valence-electron chi connectivity index (χ0n) is 24.0. The minimum atomic E-state index is -0.597. The average Bonchev–Trinajstić information content (AvgIpc) is 3.56. The van der Waals surface area contributed by atoms with Crippen LogP contribution < -0.4 is 10.6 Å². The molecule has 1 aliphatic rings. The molecule has 224 valence electrons. The van der Waals surface area contributed by atoms with Crippen molar-refractivity contribution in [2.75, 3.05) is 10.6 Å². The summed E-state index contributed by atoms with van der Waals surface area (Å²) in [6.45, 7) is 9.97. The highest BCUT2D eigenvalue weighted by Crippen LogP contribution is 2.28. The van der Waals surface area contributed by atoms with Crippen molar-refractivity contribution >= 4 is 79.1 Å². The van der Waals surface area contributed by atoms with E-state index in [0.717, 1.165) is 0 Å². The first-order valence-electron chi connectivity index (χ1n) is 12.7. The second-order valence-corrected chi connectivity index (χ2v) is 10.9. The van der Waals surface area contributed by atoms with E-state index in [-0.39, 0.29) is 44.1 Å². The molecule has 4 aromatic rings. The number of amides is 2. The summed E-state index contributed by atoms with van der Waals surface area (Å²) in [4.78, 5) is 37.6. The maximum absolute atomic E-state index is 13.3. The largest absolute Gasteiger partial charge is 0.453 e. The van der Waals surface area contributed by atoms with Gasteiger partial charge in [0.25, 0.3) is 0 Å². The fourth-order valence-corrected chi connectivity index (χ4v) is 4.93. The summed E-state index contributed by atoms with van der Waals surface area (Å²) in [5.74, 6) is -0.442. The first-order chi connectivity index (χ1) is 20.3. The molecule has 19 heteroatoms. The quantitative estimate of drug-likeness (QED) is 0.203. The number of nitrogens with one attached hydrogen (secondary N) is 2. The topological polar surface area (TPSA) is 137 Å². The predicted octanol–water partition coefficient (Wildman–Crippen LogP) is 5.97. The van der Waals surface area contributed by atoms with Gasteiger partial charge in [0.05, 0.1) is 5.69 Å². The van der Waals surface area contributed by atoms with E-state index in [0.29, 0.717) is 38.5 Å². The lowest BCUT2D eigenvalue weighted by Gasteiger charge is -2.25. The number of halogens is 3. The molecule has 0 aliphatic carbocycles. The third kappa shape index (κ3) is 11.1. The molecule has 1 saturated heterocycles. The van der Waals surface area contributed by atoms with Gasteiger partial charge in [-0.3, -0.25) is 14.6 Å². The van der Waals surface area contributed by atoms with Gasteiger partial charge in [-0.05, 0) is 39.5 Å². The summed E-state index contributed by atoms with van der Waals surface area (Å²) < 4.78 is 41.9. The molecule has 0 bridgehead atoms. The van der Waals surface area contributed by atoms with Crippen molar-refractivity contribution in [2.45, 2.75) is 41.2 Å². The number of hydrogen-bond donors (Lipinski definition) is 2. The molecule has 2 amide bonds. The summed E-state index contributed by atoms with van der Waals surface area (Å²) in [6.07, 6.45) is 3.00. The van der Waals surface area contributed by atoms with Crippen molar-refractivity contribution in [3.05, 3.63) is 57.8 Å². The van der Waals surface area contributed by atoms with Crippen LogP contribution in [0.15, 0.2) is 35.3 Å². The summed E-state index contributed by atoms with van der Waals surface area (Å²) in [5, 5.41) is 9.50. The highest BCUT2D eigenvalue weighted by molar-refractivity contribution is 7.13. The Morgan fingerprint density at radius 1 is 0.791 bits per heavy atom. The summed E-state index contributed by atoms with van der Waals surface area (Å²) in [5.41, 5.74) is 1.48. The molecule has 0 aromatic carbocycles. The lowest BCUT2D eigenvalue weighted by Crippen LogP contribution is -2.44. The number of aryl methyl sites for hydroxylation is 1. The van der Waals surface area contributed by atoms with Crippen molar-refractivity contribution in [2.24, 2.45) is 0 Å². The molecule has 2 N–H and O–H groups in total. The number of carbonyl (C=O) groups is 2. The van der Waals surface area contributed by atoms with Gasteiger partial charge in [-0.15, -0.1) is 22.7 Å². The fraction of sp³-hybridized carbons (Fsp3) is 0.250. The average molecular weight is 649 g/mol.